The van der Waals surface area contributed by atoms with E-state index in [0.29, 0.717) is 41.8 Å². The molecule has 1 aliphatic rings. The Morgan fingerprint density at radius 2 is 1.77 bits per heavy atom. The molecule has 0 N–H and O–H groups in total. The normalized spacial score (nSPS) is 13.5. The second-order valence-electron chi connectivity index (χ2n) is 5.72. The van der Waals surface area contributed by atoms with E-state index in [4.69, 9.17) is 18.9 Å². The topological polar surface area (TPSA) is 74.3 Å². The average molecular weight is 379 g/mol. The molecule has 3 rings (SSSR count). The molecule has 0 spiro atoms. The van der Waals surface area contributed by atoms with Crippen LogP contribution in [0.2, 0.25) is 0 Å². The van der Waals surface area contributed by atoms with E-state index in [-0.39, 0.29) is 11.4 Å². The van der Waals surface area contributed by atoms with Crippen molar-refractivity contribution in [2.45, 2.75) is 11.4 Å². The van der Waals surface area contributed by atoms with Crippen LogP contribution in [0.4, 0.5) is 0 Å². The van der Waals surface area contributed by atoms with Crippen molar-refractivity contribution in [2.75, 3.05) is 34.5 Å². The second-order valence-corrected chi connectivity index (χ2v) is 7.76. The molecule has 0 aromatic heterocycles. The molecule has 1 heterocycles. The first-order chi connectivity index (χ1) is 12.5. The molecule has 2 aromatic rings. The number of hydrogen-bond donors (Lipinski definition) is 0. The largest absolute Gasteiger partial charge is 0.493 e. The highest BCUT2D eigenvalue weighted by Gasteiger charge is 2.25. The molecule has 0 radical (unpaired) electrons. The molecule has 26 heavy (non-hydrogen) atoms. The Morgan fingerprint density at radius 3 is 2.46 bits per heavy atom. The lowest BCUT2D eigenvalue weighted by atomic mass is 10.2. The number of sulfonamides is 1. The minimum Gasteiger partial charge on any atom is -0.493 e. The van der Waals surface area contributed by atoms with Crippen LogP contribution in [0.5, 0.6) is 23.0 Å². The molecular formula is C18H21NO6S. The Balaban J connectivity index is 1.89. The highest BCUT2D eigenvalue weighted by Crippen LogP contribution is 2.35. The summed E-state index contributed by atoms with van der Waals surface area (Å²) >= 11 is 0. The molecule has 0 bridgehead atoms. The van der Waals surface area contributed by atoms with Crippen LogP contribution in [0, 0.1) is 0 Å². The van der Waals surface area contributed by atoms with E-state index in [1.54, 1.807) is 24.3 Å². The van der Waals surface area contributed by atoms with Crippen LogP contribution >= 0.6 is 0 Å². The minimum absolute atomic E-state index is 0.136. The first-order valence-corrected chi connectivity index (χ1v) is 9.47. The van der Waals surface area contributed by atoms with Gasteiger partial charge >= 0.3 is 0 Å². The number of benzene rings is 2. The van der Waals surface area contributed by atoms with E-state index in [1.165, 1.54) is 37.7 Å². The number of fused-ring (bicyclic) bond motifs is 1. The summed E-state index contributed by atoms with van der Waals surface area (Å²) in [6.45, 7) is 0.985. The zero-order chi connectivity index (χ0) is 18.7. The van der Waals surface area contributed by atoms with Crippen molar-refractivity contribution in [3.63, 3.8) is 0 Å². The zero-order valence-corrected chi connectivity index (χ0v) is 15.7. The summed E-state index contributed by atoms with van der Waals surface area (Å²) in [4.78, 5) is 0.145. The number of hydrogen-bond acceptors (Lipinski definition) is 6. The lowest BCUT2D eigenvalue weighted by Crippen LogP contribution is -2.27. The third-order valence-corrected chi connectivity index (χ3v) is 5.90. The van der Waals surface area contributed by atoms with E-state index >= 15 is 0 Å². The molecule has 0 fully saturated rings. The fraction of sp³-hybridized carbons (Fsp3) is 0.333. The summed E-state index contributed by atoms with van der Waals surface area (Å²) in [5.74, 6) is 2.05. The summed E-state index contributed by atoms with van der Waals surface area (Å²) in [6.07, 6.45) is 0. The quantitative estimate of drug-likeness (QED) is 0.767. The lowest BCUT2D eigenvalue weighted by molar-refractivity contribution is 0.171. The number of rotatable bonds is 6. The lowest BCUT2D eigenvalue weighted by Gasteiger charge is -2.22. The van der Waals surface area contributed by atoms with E-state index in [9.17, 15) is 8.42 Å². The SMILES string of the molecule is COc1cccc(CN(C)S(=O)(=O)c2ccc3c(c2)OCCO3)c1OC. The number of nitrogens with zero attached hydrogens (tertiary/aromatic N) is 1. The Bertz CT molecular complexity index is 897. The average Bonchev–Trinajstić information content (AvgIpc) is 2.67. The fourth-order valence-electron chi connectivity index (χ4n) is 2.77. The van der Waals surface area contributed by atoms with Crippen molar-refractivity contribution in [2.24, 2.45) is 0 Å². The van der Waals surface area contributed by atoms with Gasteiger partial charge in [-0.1, -0.05) is 12.1 Å². The molecule has 0 atom stereocenters. The number of methoxy groups -OCH3 is 2. The third-order valence-electron chi connectivity index (χ3n) is 4.10. The van der Waals surface area contributed by atoms with Crippen molar-refractivity contribution in [3.05, 3.63) is 42.0 Å². The highest BCUT2D eigenvalue weighted by atomic mass is 32.2. The summed E-state index contributed by atoms with van der Waals surface area (Å²) in [6, 6.07) is 9.97. The zero-order valence-electron chi connectivity index (χ0n) is 14.9. The van der Waals surface area contributed by atoms with Crippen molar-refractivity contribution in [1.82, 2.24) is 4.31 Å². The van der Waals surface area contributed by atoms with Crippen molar-refractivity contribution < 1.29 is 27.4 Å². The third kappa shape index (κ3) is 3.42. The minimum atomic E-state index is -3.71. The van der Waals surface area contributed by atoms with Crippen LogP contribution in [-0.2, 0) is 16.6 Å². The molecule has 0 unspecified atom stereocenters. The van der Waals surface area contributed by atoms with Crippen LogP contribution in [0.15, 0.2) is 41.3 Å². The predicted molar refractivity (Wildman–Crippen MR) is 95.6 cm³/mol. The number of ether oxygens (including phenoxy) is 4. The molecule has 2 aromatic carbocycles. The van der Waals surface area contributed by atoms with Gasteiger partial charge in [0.2, 0.25) is 10.0 Å². The van der Waals surface area contributed by atoms with Gasteiger partial charge in [-0.3, -0.25) is 0 Å². The van der Waals surface area contributed by atoms with Crippen molar-refractivity contribution in [3.8, 4) is 23.0 Å². The first kappa shape index (κ1) is 18.3. The Kier molecular flexibility index (Phi) is 5.24. The maximum absolute atomic E-state index is 12.9. The standard InChI is InChI=1S/C18H21NO6S/c1-19(12-13-5-4-6-16(22-2)18(13)23-3)26(20,21)14-7-8-15-17(11-14)25-10-9-24-15/h4-8,11H,9-10,12H2,1-3H3. The van der Waals surface area contributed by atoms with E-state index in [2.05, 4.69) is 0 Å². The molecule has 0 saturated heterocycles. The summed E-state index contributed by atoms with van der Waals surface area (Å²) in [5, 5.41) is 0. The molecule has 7 nitrogen and oxygen atoms in total. The Labute approximate surface area is 153 Å². The van der Waals surface area contributed by atoms with Gasteiger partial charge in [-0.2, -0.15) is 4.31 Å². The molecule has 1 aliphatic heterocycles. The molecular weight excluding hydrogens is 358 g/mol. The van der Waals surface area contributed by atoms with Gasteiger partial charge in [0.05, 0.1) is 19.1 Å². The van der Waals surface area contributed by atoms with Crippen LogP contribution in [-0.4, -0.2) is 47.2 Å². The van der Waals surface area contributed by atoms with Crippen molar-refractivity contribution in [1.29, 1.82) is 0 Å². The van der Waals surface area contributed by atoms with Gasteiger partial charge in [-0.05, 0) is 18.2 Å². The number of para-hydroxylation sites is 1. The maximum Gasteiger partial charge on any atom is 0.243 e. The van der Waals surface area contributed by atoms with Gasteiger partial charge in [0.1, 0.15) is 13.2 Å². The summed E-state index contributed by atoms with van der Waals surface area (Å²) < 4.78 is 48.7. The van der Waals surface area contributed by atoms with Crippen LogP contribution in [0.25, 0.3) is 0 Å². The molecule has 0 aliphatic carbocycles. The van der Waals surface area contributed by atoms with E-state index < -0.39 is 10.0 Å². The van der Waals surface area contributed by atoms with E-state index in [0.717, 1.165) is 0 Å². The molecule has 0 saturated carbocycles. The maximum atomic E-state index is 12.9. The van der Waals surface area contributed by atoms with Crippen molar-refractivity contribution >= 4 is 10.0 Å². The fourth-order valence-corrected chi connectivity index (χ4v) is 3.93. The molecule has 0 amide bonds. The van der Waals surface area contributed by atoms with E-state index in [1.807, 2.05) is 0 Å². The van der Waals surface area contributed by atoms with Gasteiger partial charge in [0, 0.05) is 25.2 Å². The highest BCUT2D eigenvalue weighted by molar-refractivity contribution is 7.89. The van der Waals surface area contributed by atoms with Gasteiger partial charge in [-0.15, -0.1) is 0 Å². The van der Waals surface area contributed by atoms with Crippen LogP contribution < -0.4 is 18.9 Å². The Hall–Kier alpha value is -2.45. The Morgan fingerprint density at radius 1 is 1.04 bits per heavy atom. The first-order valence-electron chi connectivity index (χ1n) is 8.03. The van der Waals surface area contributed by atoms with Gasteiger partial charge in [0.15, 0.2) is 23.0 Å². The van der Waals surface area contributed by atoms with Crippen LogP contribution in [0.3, 0.4) is 0 Å². The smallest absolute Gasteiger partial charge is 0.243 e. The second kappa shape index (κ2) is 7.43. The predicted octanol–water partition coefficient (Wildman–Crippen LogP) is 2.30. The van der Waals surface area contributed by atoms with Gasteiger partial charge < -0.3 is 18.9 Å². The summed E-state index contributed by atoms with van der Waals surface area (Å²) in [5.41, 5.74) is 0.704. The summed E-state index contributed by atoms with van der Waals surface area (Å²) in [7, 11) is 0.869. The monoisotopic (exact) mass is 379 g/mol. The van der Waals surface area contributed by atoms with Crippen LogP contribution in [0.1, 0.15) is 5.56 Å². The molecule has 140 valence electrons. The van der Waals surface area contributed by atoms with Gasteiger partial charge in [0.25, 0.3) is 0 Å². The molecule has 8 heteroatoms. The van der Waals surface area contributed by atoms with Gasteiger partial charge in [-0.25, -0.2) is 8.42 Å².